The highest BCUT2D eigenvalue weighted by molar-refractivity contribution is 7.92. The maximum absolute atomic E-state index is 12.8. The second-order valence-electron chi connectivity index (χ2n) is 5.32. The van der Waals surface area contributed by atoms with Gasteiger partial charge < -0.3 is 15.4 Å². The van der Waals surface area contributed by atoms with Gasteiger partial charge in [0.05, 0.1) is 5.56 Å². The lowest BCUT2D eigenvalue weighted by atomic mass is 10.2. The normalized spacial score (nSPS) is 11.7. The van der Waals surface area contributed by atoms with Gasteiger partial charge in [-0.05, 0) is 30.3 Å². The van der Waals surface area contributed by atoms with Crippen LogP contribution >= 0.6 is 0 Å². The van der Waals surface area contributed by atoms with E-state index in [-0.39, 0.29) is 18.0 Å². The largest absolute Gasteiger partial charge is 0.503 e. The zero-order valence-corrected chi connectivity index (χ0v) is 15.1. The fourth-order valence-electron chi connectivity index (χ4n) is 2.09. The number of anilines is 2. The van der Waals surface area contributed by atoms with Gasteiger partial charge in [-0.15, -0.1) is 0 Å². The van der Waals surface area contributed by atoms with Crippen LogP contribution in [0, 0.1) is 0 Å². The van der Waals surface area contributed by atoms with Gasteiger partial charge in [-0.2, -0.15) is 13.2 Å². The van der Waals surface area contributed by atoms with Gasteiger partial charge in [-0.25, -0.2) is 13.4 Å². The van der Waals surface area contributed by atoms with Gasteiger partial charge in [0.25, 0.3) is 15.7 Å². The molecule has 0 aliphatic rings. The summed E-state index contributed by atoms with van der Waals surface area (Å²) in [5.74, 6) is -1.58. The average Bonchev–Trinajstić information content (AvgIpc) is 2.61. The molecule has 0 radical (unpaired) electrons. The first-order valence-electron chi connectivity index (χ1n) is 7.53. The molecule has 2 amide bonds. The summed E-state index contributed by atoms with van der Waals surface area (Å²) < 4.78 is 66.4. The molecule has 0 aliphatic carbocycles. The third-order valence-corrected chi connectivity index (χ3v) is 4.70. The Morgan fingerprint density at radius 1 is 1.11 bits per heavy atom. The highest BCUT2D eigenvalue weighted by Gasteiger charge is 2.49. The fourth-order valence-corrected chi connectivity index (χ4v) is 2.96. The van der Waals surface area contributed by atoms with Crippen LogP contribution < -0.4 is 10.6 Å². The van der Waals surface area contributed by atoms with Crippen molar-refractivity contribution in [1.82, 2.24) is 4.98 Å². The molecule has 0 bridgehead atoms. The van der Waals surface area contributed by atoms with Gasteiger partial charge in [-0.1, -0.05) is 6.07 Å². The molecule has 0 fully saturated rings. The molecule has 2 N–H and O–H groups in total. The molecule has 0 saturated heterocycles. The van der Waals surface area contributed by atoms with Crippen LogP contribution in [0.1, 0.15) is 10.4 Å². The van der Waals surface area contributed by atoms with Gasteiger partial charge in [0, 0.05) is 24.7 Å². The van der Waals surface area contributed by atoms with Crippen molar-refractivity contribution >= 4 is 33.0 Å². The van der Waals surface area contributed by atoms with E-state index in [9.17, 15) is 31.2 Å². The molecule has 0 aliphatic heterocycles. The fraction of sp³-hybridized carbons (Fsp3) is 0.188. The number of carbonyl (C=O) groups excluding carboxylic acids is 2. The minimum absolute atomic E-state index is 0.111. The molecule has 12 heteroatoms. The van der Waals surface area contributed by atoms with Crippen molar-refractivity contribution in [3.8, 4) is 0 Å². The molecule has 0 spiro atoms. The first-order valence-corrected chi connectivity index (χ1v) is 9.01. The summed E-state index contributed by atoms with van der Waals surface area (Å²) in [6.45, 7) is -0.203. The summed E-state index contributed by atoms with van der Waals surface area (Å²) in [4.78, 5) is 27.1. The minimum atomic E-state index is -5.82. The average molecular weight is 417 g/mol. The van der Waals surface area contributed by atoms with Gasteiger partial charge in [0.1, 0.15) is 6.61 Å². The number of rotatable bonds is 6. The molecule has 28 heavy (non-hydrogen) atoms. The summed E-state index contributed by atoms with van der Waals surface area (Å²) in [7, 11) is -4.49. The number of aromatic nitrogens is 1. The summed E-state index contributed by atoms with van der Waals surface area (Å²) in [5.41, 5.74) is -5.98. The number of amides is 2. The molecular weight excluding hydrogens is 403 g/mol. The zero-order valence-electron chi connectivity index (χ0n) is 14.3. The molecular formula is C16H14F3N3O5S. The molecule has 2 aromatic rings. The Hall–Kier alpha value is -2.99. The SMILES string of the molecule is COCC(=O)Nc1cccc(NC(=O)c2cccnc2S(=O)(=O)C(F)(F)F)c1. The maximum atomic E-state index is 12.8. The number of carbonyl (C=O) groups is 2. The second-order valence-corrected chi connectivity index (χ2v) is 7.18. The van der Waals surface area contributed by atoms with E-state index in [1.54, 1.807) is 0 Å². The summed E-state index contributed by atoms with van der Waals surface area (Å²) in [6, 6.07) is 7.75. The van der Waals surface area contributed by atoms with Crippen LogP contribution in [0.3, 0.4) is 0 Å². The van der Waals surface area contributed by atoms with Crippen molar-refractivity contribution in [2.45, 2.75) is 10.5 Å². The molecule has 1 aromatic carbocycles. The number of ether oxygens (including phenoxy) is 1. The Balaban J connectivity index is 2.29. The third-order valence-electron chi connectivity index (χ3n) is 3.25. The number of hydrogen-bond acceptors (Lipinski definition) is 6. The van der Waals surface area contributed by atoms with Crippen LogP contribution in [0.5, 0.6) is 0 Å². The van der Waals surface area contributed by atoms with Crippen LogP contribution in [-0.2, 0) is 19.4 Å². The number of nitrogens with one attached hydrogen (secondary N) is 2. The zero-order chi connectivity index (χ0) is 20.9. The number of halogens is 3. The predicted molar refractivity (Wildman–Crippen MR) is 92.4 cm³/mol. The van der Waals surface area contributed by atoms with E-state index in [4.69, 9.17) is 0 Å². The Kier molecular flexibility index (Phi) is 6.36. The lowest BCUT2D eigenvalue weighted by Crippen LogP contribution is -2.27. The van der Waals surface area contributed by atoms with E-state index in [1.807, 2.05) is 0 Å². The number of alkyl halides is 3. The predicted octanol–water partition coefficient (Wildman–Crippen LogP) is 2.21. The Morgan fingerprint density at radius 2 is 1.75 bits per heavy atom. The van der Waals surface area contributed by atoms with Crippen molar-refractivity contribution in [2.75, 3.05) is 24.4 Å². The molecule has 1 aromatic heterocycles. The van der Waals surface area contributed by atoms with E-state index in [0.717, 1.165) is 18.3 Å². The van der Waals surface area contributed by atoms with Gasteiger partial charge in [0.15, 0.2) is 5.03 Å². The first-order chi connectivity index (χ1) is 13.1. The number of sulfone groups is 1. The highest BCUT2D eigenvalue weighted by atomic mass is 32.2. The van der Waals surface area contributed by atoms with E-state index < -0.39 is 37.7 Å². The van der Waals surface area contributed by atoms with Crippen molar-refractivity contribution in [1.29, 1.82) is 0 Å². The van der Waals surface area contributed by atoms with Crippen molar-refractivity contribution < 1.29 is 35.9 Å². The van der Waals surface area contributed by atoms with Crippen molar-refractivity contribution in [3.05, 3.63) is 48.2 Å². The molecule has 1 heterocycles. The quantitative estimate of drug-likeness (QED) is 0.745. The second kappa shape index (κ2) is 8.35. The molecule has 150 valence electrons. The standard InChI is InChI=1S/C16H14F3N3O5S/c1-27-9-13(23)21-10-4-2-5-11(8-10)22-14(24)12-6-3-7-20-15(12)28(25,26)16(17,18)19/h2-8H,9H2,1H3,(H,21,23)(H,22,24). The van der Waals surface area contributed by atoms with Gasteiger partial charge >= 0.3 is 5.51 Å². The highest BCUT2D eigenvalue weighted by Crippen LogP contribution is 2.31. The maximum Gasteiger partial charge on any atom is 0.503 e. The van der Waals surface area contributed by atoms with Gasteiger partial charge in [0.2, 0.25) is 5.91 Å². The lowest BCUT2D eigenvalue weighted by molar-refractivity contribution is -0.119. The van der Waals surface area contributed by atoms with E-state index in [0.29, 0.717) is 0 Å². The lowest BCUT2D eigenvalue weighted by Gasteiger charge is -2.12. The monoisotopic (exact) mass is 417 g/mol. The molecule has 2 rings (SSSR count). The molecule has 8 nitrogen and oxygen atoms in total. The van der Waals surface area contributed by atoms with Crippen molar-refractivity contribution in [3.63, 3.8) is 0 Å². The first kappa shape index (κ1) is 21.3. The Labute approximate surface area is 157 Å². The van der Waals surface area contributed by atoms with Gasteiger partial charge in [-0.3, -0.25) is 9.59 Å². The van der Waals surface area contributed by atoms with Crippen molar-refractivity contribution in [2.24, 2.45) is 0 Å². The molecule has 0 atom stereocenters. The summed E-state index contributed by atoms with van der Waals surface area (Å²) in [6.07, 6.45) is 0.835. The van der Waals surface area contributed by atoms with Crippen LogP contribution in [-0.4, -0.2) is 44.4 Å². The van der Waals surface area contributed by atoms with Crippen LogP contribution in [0.2, 0.25) is 0 Å². The molecule has 0 unspecified atom stereocenters. The molecule has 0 saturated carbocycles. The van der Waals surface area contributed by atoms with Crippen LogP contribution in [0.25, 0.3) is 0 Å². The Morgan fingerprint density at radius 3 is 2.36 bits per heavy atom. The number of benzene rings is 1. The van der Waals surface area contributed by atoms with E-state index in [2.05, 4.69) is 20.4 Å². The number of nitrogens with zero attached hydrogens (tertiary/aromatic N) is 1. The smallest absolute Gasteiger partial charge is 0.375 e. The summed E-state index contributed by atoms with van der Waals surface area (Å²) in [5, 5.41) is 3.36. The number of hydrogen-bond donors (Lipinski definition) is 2. The topological polar surface area (TPSA) is 114 Å². The third kappa shape index (κ3) is 4.84. The minimum Gasteiger partial charge on any atom is -0.375 e. The number of methoxy groups -OCH3 is 1. The van der Waals surface area contributed by atoms with E-state index in [1.165, 1.54) is 31.4 Å². The number of pyridine rings is 1. The van der Waals surface area contributed by atoms with E-state index >= 15 is 0 Å². The Bertz CT molecular complexity index is 993. The van der Waals surface area contributed by atoms with Crippen LogP contribution in [0.4, 0.5) is 24.5 Å². The summed E-state index contributed by atoms with van der Waals surface area (Å²) >= 11 is 0. The van der Waals surface area contributed by atoms with Crippen LogP contribution in [0.15, 0.2) is 47.6 Å².